The molecular weight excluding hydrogens is 202 g/mol. The van der Waals surface area contributed by atoms with E-state index in [4.69, 9.17) is 5.26 Å². The van der Waals surface area contributed by atoms with Crippen LogP contribution in [-0.4, -0.2) is 21.3 Å². The van der Waals surface area contributed by atoms with Crippen molar-refractivity contribution >= 4 is 5.82 Å². The maximum absolute atomic E-state index is 8.72. The van der Waals surface area contributed by atoms with E-state index in [0.29, 0.717) is 11.4 Å². The molecule has 0 saturated carbocycles. The molecule has 80 valence electrons. The van der Waals surface area contributed by atoms with Crippen LogP contribution in [0.3, 0.4) is 0 Å². The smallest absolute Gasteiger partial charge is 0.127 e. The van der Waals surface area contributed by atoms with Gasteiger partial charge in [0.25, 0.3) is 0 Å². The highest BCUT2D eigenvalue weighted by atomic mass is 15.3. The lowest BCUT2D eigenvalue weighted by molar-refractivity contribution is 0.637. The van der Waals surface area contributed by atoms with Crippen LogP contribution in [-0.2, 0) is 6.54 Å². The zero-order valence-electron chi connectivity index (χ0n) is 8.67. The Morgan fingerprint density at radius 3 is 3.12 bits per heavy atom. The molecule has 0 saturated heterocycles. The molecule has 0 fully saturated rings. The van der Waals surface area contributed by atoms with E-state index in [1.807, 2.05) is 16.9 Å². The van der Waals surface area contributed by atoms with Crippen molar-refractivity contribution in [2.45, 2.75) is 6.54 Å². The minimum atomic E-state index is 0.608. The Balaban J connectivity index is 1.88. The van der Waals surface area contributed by atoms with Crippen molar-refractivity contribution in [3.8, 4) is 6.07 Å². The maximum Gasteiger partial charge on any atom is 0.127 e. The van der Waals surface area contributed by atoms with Gasteiger partial charge >= 0.3 is 0 Å². The number of aromatic nitrogens is 3. The van der Waals surface area contributed by atoms with E-state index >= 15 is 0 Å². The molecule has 0 atom stereocenters. The number of nitrogens with one attached hydrogen (secondary N) is 1. The summed E-state index contributed by atoms with van der Waals surface area (Å²) in [5.74, 6) is 0.714. The van der Waals surface area contributed by atoms with Gasteiger partial charge in [0.1, 0.15) is 5.82 Å². The monoisotopic (exact) mass is 213 g/mol. The van der Waals surface area contributed by atoms with Gasteiger partial charge in [0.05, 0.1) is 18.2 Å². The number of anilines is 1. The summed E-state index contributed by atoms with van der Waals surface area (Å²) in [7, 11) is 0. The van der Waals surface area contributed by atoms with Gasteiger partial charge in [-0.15, -0.1) is 0 Å². The average Bonchev–Trinajstić information content (AvgIpc) is 2.82. The predicted molar refractivity (Wildman–Crippen MR) is 59.7 cm³/mol. The second-order valence-corrected chi connectivity index (χ2v) is 3.24. The van der Waals surface area contributed by atoms with Crippen LogP contribution in [0.1, 0.15) is 5.56 Å². The molecule has 2 aromatic rings. The Kier molecular flexibility index (Phi) is 3.14. The number of rotatable bonds is 4. The van der Waals surface area contributed by atoms with E-state index in [1.54, 1.807) is 24.5 Å². The van der Waals surface area contributed by atoms with Crippen molar-refractivity contribution in [1.82, 2.24) is 14.8 Å². The van der Waals surface area contributed by atoms with Crippen LogP contribution >= 0.6 is 0 Å². The summed E-state index contributed by atoms with van der Waals surface area (Å²) in [5.41, 5.74) is 0.608. The van der Waals surface area contributed by atoms with Gasteiger partial charge < -0.3 is 5.32 Å². The normalized spacial score (nSPS) is 9.69. The van der Waals surface area contributed by atoms with Crippen LogP contribution < -0.4 is 5.32 Å². The lowest BCUT2D eigenvalue weighted by Gasteiger charge is -2.05. The Labute approximate surface area is 93.4 Å². The maximum atomic E-state index is 8.72. The van der Waals surface area contributed by atoms with Gasteiger partial charge in [0.2, 0.25) is 0 Å². The topological polar surface area (TPSA) is 66.5 Å². The third kappa shape index (κ3) is 2.58. The van der Waals surface area contributed by atoms with Gasteiger partial charge in [0.15, 0.2) is 0 Å². The second-order valence-electron chi connectivity index (χ2n) is 3.24. The van der Waals surface area contributed by atoms with Crippen molar-refractivity contribution in [3.05, 3.63) is 42.4 Å². The average molecular weight is 213 g/mol. The predicted octanol–water partition coefficient (Wildman–Crippen LogP) is 1.26. The molecule has 0 unspecified atom stereocenters. The first-order valence-corrected chi connectivity index (χ1v) is 4.96. The molecule has 0 aliphatic heterocycles. The molecule has 1 N–H and O–H groups in total. The van der Waals surface area contributed by atoms with Gasteiger partial charge in [-0.3, -0.25) is 4.68 Å². The third-order valence-electron chi connectivity index (χ3n) is 2.10. The van der Waals surface area contributed by atoms with Gasteiger partial charge in [-0.25, -0.2) is 4.98 Å². The van der Waals surface area contributed by atoms with Crippen LogP contribution in [0.15, 0.2) is 36.8 Å². The highest BCUT2D eigenvalue weighted by molar-refractivity contribution is 5.42. The fourth-order valence-electron chi connectivity index (χ4n) is 1.33. The quantitative estimate of drug-likeness (QED) is 0.830. The van der Waals surface area contributed by atoms with E-state index in [2.05, 4.69) is 21.5 Å². The number of nitriles is 1. The van der Waals surface area contributed by atoms with Crippen molar-refractivity contribution in [2.24, 2.45) is 0 Å². The van der Waals surface area contributed by atoms with Crippen molar-refractivity contribution < 1.29 is 0 Å². The number of nitrogens with zero attached hydrogens (tertiary/aromatic N) is 4. The molecule has 0 aliphatic rings. The molecule has 0 radical (unpaired) electrons. The van der Waals surface area contributed by atoms with E-state index in [1.165, 1.54) is 0 Å². The van der Waals surface area contributed by atoms with E-state index in [9.17, 15) is 0 Å². The largest absolute Gasteiger partial charge is 0.368 e. The van der Waals surface area contributed by atoms with Crippen molar-refractivity contribution in [3.63, 3.8) is 0 Å². The molecule has 0 aliphatic carbocycles. The second kappa shape index (κ2) is 4.94. The zero-order valence-corrected chi connectivity index (χ0v) is 8.67. The third-order valence-corrected chi connectivity index (χ3v) is 2.10. The van der Waals surface area contributed by atoms with E-state index in [-0.39, 0.29) is 0 Å². The molecule has 5 nitrogen and oxygen atoms in total. The molecule has 0 aromatic carbocycles. The SMILES string of the molecule is N#Cc1ccnc(NCCn2cccn2)c1. The Hall–Kier alpha value is -2.35. The summed E-state index contributed by atoms with van der Waals surface area (Å²) in [6.07, 6.45) is 5.27. The van der Waals surface area contributed by atoms with Crippen LogP contribution in [0.2, 0.25) is 0 Å². The first-order chi connectivity index (χ1) is 7.88. The fraction of sp³-hybridized carbons (Fsp3) is 0.182. The van der Waals surface area contributed by atoms with Gasteiger partial charge in [-0.1, -0.05) is 0 Å². The van der Waals surface area contributed by atoms with Crippen LogP contribution in [0, 0.1) is 11.3 Å². The molecule has 5 heteroatoms. The molecular formula is C11H11N5. The fourth-order valence-corrected chi connectivity index (χ4v) is 1.33. The van der Waals surface area contributed by atoms with Crippen molar-refractivity contribution in [1.29, 1.82) is 5.26 Å². The van der Waals surface area contributed by atoms with Crippen LogP contribution in [0.4, 0.5) is 5.82 Å². The molecule has 16 heavy (non-hydrogen) atoms. The lowest BCUT2D eigenvalue weighted by atomic mass is 10.3. The van der Waals surface area contributed by atoms with Gasteiger partial charge in [-0.2, -0.15) is 10.4 Å². The molecule has 0 bridgehead atoms. The number of pyridine rings is 1. The first kappa shape index (κ1) is 10.2. The van der Waals surface area contributed by atoms with Crippen LogP contribution in [0.25, 0.3) is 0 Å². The molecule has 2 aromatic heterocycles. The summed E-state index contributed by atoms with van der Waals surface area (Å²) >= 11 is 0. The zero-order chi connectivity index (χ0) is 11.2. The van der Waals surface area contributed by atoms with Crippen molar-refractivity contribution in [2.75, 3.05) is 11.9 Å². The standard InChI is InChI=1S/C11H11N5/c12-9-10-2-4-13-11(8-10)14-5-7-16-6-1-3-15-16/h1-4,6,8H,5,7H2,(H,13,14). The Bertz CT molecular complexity index is 483. The Morgan fingerprint density at radius 2 is 2.38 bits per heavy atom. The summed E-state index contributed by atoms with van der Waals surface area (Å²) in [5, 5.41) is 15.9. The summed E-state index contributed by atoms with van der Waals surface area (Å²) in [4.78, 5) is 4.11. The first-order valence-electron chi connectivity index (χ1n) is 4.96. The highest BCUT2D eigenvalue weighted by Crippen LogP contribution is 2.04. The molecule has 2 heterocycles. The lowest BCUT2D eigenvalue weighted by Crippen LogP contribution is -2.11. The summed E-state index contributed by atoms with van der Waals surface area (Å²) in [6, 6.07) is 7.36. The molecule has 2 rings (SSSR count). The summed E-state index contributed by atoms with van der Waals surface area (Å²) in [6.45, 7) is 1.50. The minimum Gasteiger partial charge on any atom is -0.368 e. The molecule has 0 spiro atoms. The molecule has 0 amide bonds. The number of hydrogen-bond acceptors (Lipinski definition) is 4. The van der Waals surface area contributed by atoms with E-state index < -0.39 is 0 Å². The summed E-state index contributed by atoms with van der Waals surface area (Å²) < 4.78 is 1.83. The number of hydrogen-bond donors (Lipinski definition) is 1. The minimum absolute atomic E-state index is 0.608. The van der Waals surface area contributed by atoms with Gasteiger partial charge in [-0.05, 0) is 18.2 Å². The van der Waals surface area contributed by atoms with Crippen LogP contribution in [0.5, 0.6) is 0 Å². The highest BCUT2D eigenvalue weighted by Gasteiger charge is 1.96. The van der Waals surface area contributed by atoms with E-state index in [0.717, 1.165) is 13.1 Å². The van der Waals surface area contributed by atoms with Gasteiger partial charge in [0, 0.05) is 25.1 Å². The Morgan fingerprint density at radius 1 is 1.44 bits per heavy atom.